The number of rotatable bonds is 7. The maximum Gasteiger partial charge on any atom is 0.314 e. The van der Waals surface area contributed by atoms with Crippen molar-refractivity contribution in [1.82, 2.24) is 10.6 Å². The summed E-state index contributed by atoms with van der Waals surface area (Å²) in [7, 11) is -1.07. The quantitative estimate of drug-likeness (QED) is 0.811. The van der Waals surface area contributed by atoms with Crippen LogP contribution in [0.2, 0.25) is 0 Å². The molecule has 0 radical (unpaired) electrons. The van der Waals surface area contributed by atoms with Gasteiger partial charge in [0.15, 0.2) is 0 Å². The fourth-order valence-electron chi connectivity index (χ4n) is 1.38. The zero-order chi connectivity index (χ0) is 15.0. The smallest absolute Gasteiger partial charge is 0.314 e. The molecule has 20 heavy (non-hydrogen) atoms. The maximum absolute atomic E-state index is 11.9. The van der Waals surface area contributed by atoms with Gasteiger partial charge >= 0.3 is 6.03 Å². The first kappa shape index (κ1) is 17.0. The summed E-state index contributed by atoms with van der Waals surface area (Å²) < 4.78 is 11.9. The Morgan fingerprint density at radius 3 is 2.50 bits per heavy atom. The van der Waals surface area contributed by atoms with Crippen LogP contribution < -0.4 is 10.6 Å². The number of urea groups is 1. The molecule has 2 amide bonds. The van der Waals surface area contributed by atoms with Gasteiger partial charge in [0.05, 0.1) is 10.8 Å². The van der Waals surface area contributed by atoms with Gasteiger partial charge in [-0.15, -0.1) is 0 Å². The normalized spacial score (nSPS) is 12.8. The van der Waals surface area contributed by atoms with Gasteiger partial charge in [-0.05, 0) is 32.2 Å². The molecule has 0 aliphatic carbocycles. The van der Waals surface area contributed by atoms with E-state index in [9.17, 15) is 9.00 Å². The molecule has 1 aromatic rings. The Morgan fingerprint density at radius 2 is 1.90 bits per heavy atom. The minimum absolute atomic E-state index is 0.0181. The third-order valence-corrected chi connectivity index (χ3v) is 5.43. The average Bonchev–Trinajstić information content (AvgIpc) is 2.46. The highest BCUT2D eigenvalue weighted by Crippen LogP contribution is 2.19. The lowest BCUT2D eigenvalue weighted by molar-refractivity contribution is 0.240. The van der Waals surface area contributed by atoms with Crippen LogP contribution in [0.15, 0.2) is 35.2 Å². The molecule has 2 N–H and O–H groups in total. The third-order valence-electron chi connectivity index (χ3n) is 2.81. The standard InChI is InChI=1S/C14H22N2O2S2/c1-14(2,19-3)11-16-13(17)15-9-10-20(18)12-7-5-4-6-8-12/h4-8H,9-11H2,1-3H3,(H2,15,16,17)/t20-/m1/s1. The average molecular weight is 314 g/mol. The molecular formula is C14H22N2O2S2. The largest absolute Gasteiger partial charge is 0.337 e. The zero-order valence-electron chi connectivity index (χ0n) is 12.1. The second kappa shape index (κ2) is 8.32. The molecule has 0 aliphatic rings. The van der Waals surface area contributed by atoms with Crippen LogP contribution in [0.25, 0.3) is 0 Å². The molecule has 0 saturated heterocycles. The van der Waals surface area contributed by atoms with Crippen molar-refractivity contribution < 1.29 is 9.00 Å². The zero-order valence-corrected chi connectivity index (χ0v) is 13.8. The van der Waals surface area contributed by atoms with E-state index in [1.54, 1.807) is 11.8 Å². The van der Waals surface area contributed by atoms with E-state index >= 15 is 0 Å². The van der Waals surface area contributed by atoms with Gasteiger partial charge in [-0.3, -0.25) is 4.21 Å². The summed E-state index contributed by atoms with van der Waals surface area (Å²) in [6.45, 7) is 5.14. The second-order valence-electron chi connectivity index (χ2n) is 4.94. The lowest BCUT2D eigenvalue weighted by Gasteiger charge is -2.22. The van der Waals surface area contributed by atoms with Gasteiger partial charge in [0, 0.05) is 28.5 Å². The van der Waals surface area contributed by atoms with Crippen molar-refractivity contribution in [3.8, 4) is 0 Å². The summed E-state index contributed by atoms with van der Waals surface area (Å²) in [6.07, 6.45) is 2.02. The number of benzene rings is 1. The van der Waals surface area contributed by atoms with Crippen molar-refractivity contribution in [2.24, 2.45) is 0 Å². The number of hydrogen-bond donors (Lipinski definition) is 2. The molecule has 0 heterocycles. The first-order valence-electron chi connectivity index (χ1n) is 6.45. The van der Waals surface area contributed by atoms with Crippen LogP contribution >= 0.6 is 11.8 Å². The van der Waals surface area contributed by atoms with E-state index in [1.165, 1.54) is 0 Å². The van der Waals surface area contributed by atoms with Crippen molar-refractivity contribution in [2.45, 2.75) is 23.5 Å². The number of carbonyl (C=O) groups excluding carboxylic acids is 1. The third kappa shape index (κ3) is 6.43. The SMILES string of the molecule is CSC(C)(C)CNC(=O)NCC[S@@](=O)c1ccccc1. The minimum atomic E-state index is -1.07. The summed E-state index contributed by atoms with van der Waals surface area (Å²) >= 11 is 1.70. The molecule has 0 fully saturated rings. The van der Waals surface area contributed by atoms with Crippen molar-refractivity contribution in [2.75, 3.05) is 25.1 Å². The van der Waals surface area contributed by atoms with Crippen molar-refractivity contribution in [1.29, 1.82) is 0 Å². The molecule has 1 aromatic carbocycles. The molecule has 4 nitrogen and oxygen atoms in total. The van der Waals surface area contributed by atoms with Crippen LogP contribution in [0.1, 0.15) is 13.8 Å². The van der Waals surface area contributed by atoms with Gasteiger partial charge in [0.1, 0.15) is 0 Å². The molecule has 1 rings (SSSR count). The highest BCUT2D eigenvalue weighted by atomic mass is 32.2. The monoisotopic (exact) mass is 314 g/mol. The van der Waals surface area contributed by atoms with Crippen LogP contribution in [-0.4, -0.2) is 40.1 Å². The Morgan fingerprint density at radius 1 is 1.25 bits per heavy atom. The number of nitrogens with one attached hydrogen (secondary N) is 2. The molecular weight excluding hydrogens is 292 g/mol. The summed E-state index contributed by atoms with van der Waals surface area (Å²) in [5, 5.41) is 5.55. The number of carbonyl (C=O) groups is 1. The molecule has 0 aliphatic heterocycles. The number of hydrogen-bond acceptors (Lipinski definition) is 3. The van der Waals surface area contributed by atoms with E-state index in [-0.39, 0.29) is 10.8 Å². The predicted octanol–water partition coefficient (Wildman–Crippen LogP) is 2.24. The Kier molecular flexibility index (Phi) is 7.09. The fourth-order valence-corrected chi connectivity index (χ4v) is 2.58. The van der Waals surface area contributed by atoms with Gasteiger partial charge < -0.3 is 10.6 Å². The van der Waals surface area contributed by atoms with Crippen molar-refractivity contribution in [3.63, 3.8) is 0 Å². The molecule has 112 valence electrons. The number of amides is 2. The van der Waals surface area contributed by atoms with Crippen LogP contribution in [0.5, 0.6) is 0 Å². The van der Waals surface area contributed by atoms with Crippen LogP contribution in [0.4, 0.5) is 4.79 Å². The van der Waals surface area contributed by atoms with Gasteiger partial charge in [0.25, 0.3) is 0 Å². The molecule has 0 unspecified atom stereocenters. The Balaban J connectivity index is 2.24. The topological polar surface area (TPSA) is 58.2 Å². The van der Waals surface area contributed by atoms with E-state index in [1.807, 2.05) is 36.6 Å². The molecule has 0 bridgehead atoms. The molecule has 0 spiro atoms. The van der Waals surface area contributed by atoms with E-state index in [4.69, 9.17) is 0 Å². The minimum Gasteiger partial charge on any atom is -0.337 e. The van der Waals surface area contributed by atoms with Gasteiger partial charge in [-0.1, -0.05) is 18.2 Å². The first-order valence-corrected chi connectivity index (χ1v) is 8.99. The van der Waals surface area contributed by atoms with Crippen LogP contribution in [-0.2, 0) is 10.8 Å². The lowest BCUT2D eigenvalue weighted by atomic mass is 10.2. The predicted molar refractivity (Wildman–Crippen MR) is 86.7 cm³/mol. The van der Waals surface area contributed by atoms with Crippen LogP contribution in [0, 0.1) is 0 Å². The molecule has 6 heteroatoms. The van der Waals surface area contributed by atoms with E-state index in [2.05, 4.69) is 24.5 Å². The first-order chi connectivity index (χ1) is 9.44. The van der Waals surface area contributed by atoms with Gasteiger partial charge in [-0.2, -0.15) is 11.8 Å². The number of thioether (sulfide) groups is 1. The molecule has 1 atom stereocenters. The van der Waals surface area contributed by atoms with Crippen LogP contribution in [0.3, 0.4) is 0 Å². The fraction of sp³-hybridized carbons (Fsp3) is 0.500. The van der Waals surface area contributed by atoms with Crippen molar-refractivity contribution >= 4 is 28.6 Å². The Labute approximate surface area is 127 Å². The Hall–Kier alpha value is -1.01. The van der Waals surface area contributed by atoms with E-state index in [0.717, 1.165) is 4.90 Å². The van der Waals surface area contributed by atoms with Gasteiger partial charge in [-0.25, -0.2) is 4.79 Å². The van der Waals surface area contributed by atoms with E-state index < -0.39 is 10.8 Å². The van der Waals surface area contributed by atoms with Crippen molar-refractivity contribution in [3.05, 3.63) is 30.3 Å². The highest BCUT2D eigenvalue weighted by Gasteiger charge is 2.16. The molecule has 0 aromatic heterocycles. The van der Waals surface area contributed by atoms with Gasteiger partial charge in [0.2, 0.25) is 0 Å². The molecule has 0 saturated carbocycles. The summed E-state index contributed by atoms with van der Waals surface area (Å²) in [4.78, 5) is 12.4. The highest BCUT2D eigenvalue weighted by molar-refractivity contribution is 7.99. The summed E-state index contributed by atoms with van der Waals surface area (Å²) in [5.41, 5.74) is 0. The summed E-state index contributed by atoms with van der Waals surface area (Å²) in [5.74, 6) is 0.420. The summed E-state index contributed by atoms with van der Waals surface area (Å²) in [6, 6.07) is 9.06. The lowest BCUT2D eigenvalue weighted by Crippen LogP contribution is -2.43. The van der Waals surface area contributed by atoms with E-state index in [0.29, 0.717) is 18.8 Å². The second-order valence-corrected chi connectivity index (χ2v) is 8.02. The Bertz CT molecular complexity index is 450. The maximum atomic E-state index is 11.9.